The maximum atomic E-state index is 12.0. The summed E-state index contributed by atoms with van der Waals surface area (Å²) in [6.07, 6.45) is 2.08. The van der Waals surface area contributed by atoms with E-state index in [2.05, 4.69) is 24.3 Å². The van der Waals surface area contributed by atoms with Crippen molar-refractivity contribution in [1.82, 2.24) is 0 Å². The van der Waals surface area contributed by atoms with Gasteiger partial charge in [-0.05, 0) is 37.2 Å². The van der Waals surface area contributed by atoms with Gasteiger partial charge in [-0.2, -0.15) is 0 Å². The summed E-state index contributed by atoms with van der Waals surface area (Å²) in [6, 6.07) is 10.4. The quantitative estimate of drug-likeness (QED) is 0.889. The van der Waals surface area contributed by atoms with Gasteiger partial charge in [-0.25, -0.2) is 0 Å². The second-order valence-electron chi connectivity index (χ2n) is 5.55. The average molecular weight is 246 g/mol. The summed E-state index contributed by atoms with van der Waals surface area (Å²) in [6.45, 7) is 3.77. The summed E-state index contributed by atoms with van der Waals surface area (Å²) in [5.74, 6) is 0.874. The molecule has 0 spiro atoms. The third kappa shape index (κ3) is 2.81. The van der Waals surface area contributed by atoms with Crippen molar-refractivity contribution in [2.45, 2.75) is 45.1 Å². The lowest BCUT2D eigenvalue weighted by atomic mass is 9.71. The second-order valence-corrected chi connectivity index (χ2v) is 5.55. The Balaban J connectivity index is 2.11. The Labute approximate surface area is 109 Å². The van der Waals surface area contributed by atoms with E-state index >= 15 is 0 Å². The Hall–Kier alpha value is -1.15. The number of aliphatic hydroxyl groups is 1. The summed E-state index contributed by atoms with van der Waals surface area (Å²) in [7, 11) is 0. The van der Waals surface area contributed by atoms with Crippen LogP contribution in [0.5, 0.6) is 0 Å². The lowest BCUT2D eigenvalue weighted by molar-refractivity contribution is -0.128. The molecule has 0 amide bonds. The second kappa shape index (κ2) is 5.66. The Kier molecular flexibility index (Phi) is 4.18. The lowest BCUT2D eigenvalue weighted by Crippen LogP contribution is -2.33. The van der Waals surface area contributed by atoms with E-state index in [0.717, 1.165) is 12.8 Å². The molecular formula is C16H22O2. The third-order valence-corrected chi connectivity index (χ3v) is 4.36. The van der Waals surface area contributed by atoms with E-state index in [1.54, 1.807) is 6.92 Å². The first-order valence-corrected chi connectivity index (χ1v) is 6.85. The zero-order chi connectivity index (χ0) is 13.1. The highest BCUT2D eigenvalue weighted by molar-refractivity contribution is 5.82. The van der Waals surface area contributed by atoms with Crippen LogP contribution in [-0.4, -0.2) is 17.0 Å². The predicted octanol–water partition coefficient (Wildman–Crippen LogP) is 3.16. The fourth-order valence-electron chi connectivity index (χ4n) is 2.93. The van der Waals surface area contributed by atoms with Crippen LogP contribution in [0.1, 0.15) is 44.6 Å². The molecular weight excluding hydrogens is 224 g/mol. The van der Waals surface area contributed by atoms with Crippen molar-refractivity contribution in [2.24, 2.45) is 11.8 Å². The number of carbonyl (C=O) groups excluding carboxylic acids is 1. The maximum absolute atomic E-state index is 12.0. The molecule has 1 fully saturated rings. The highest BCUT2D eigenvalue weighted by Gasteiger charge is 2.34. The number of Topliss-reactive ketones (excluding diaryl/α,β-unsaturated/α-hetero) is 1. The fourth-order valence-corrected chi connectivity index (χ4v) is 2.93. The van der Waals surface area contributed by atoms with Crippen molar-refractivity contribution >= 4 is 5.78 Å². The molecule has 4 unspecified atom stereocenters. The van der Waals surface area contributed by atoms with Crippen LogP contribution in [0.25, 0.3) is 0 Å². The molecule has 1 aromatic carbocycles. The van der Waals surface area contributed by atoms with Crippen LogP contribution in [-0.2, 0) is 4.79 Å². The van der Waals surface area contributed by atoms with Crippen molar-refractivity contribution in [3.8, 4) is 0 Å². The SMILES string of the molecule is CC(O)C(C)C1CC(c2ccccc2)CCC1=O. The largest absolute Gasteiger partial charge is 0.393 e. The molecule has 0 bridgehead atoms. The average Bonchev–Trinajstić information content (AvgIpc) is 2.39. The molecule has 2 heteroatoms. The Bertz CT molecular complexity index is 397. The normalized spacial score (nSPS) is 27.8. The minimum atomic E-state index is -0.409. The first-order valence-electron chi connectivity index (χ1n) is 6.85. The highest BCUT2D eigenvalue weighted by atomic mass is 16.3. The van der Waals surface area contributed by atoms with Gasteiger partial charge in [-0.15, -0.1) is 0 Å². The molecule has 2 nitrogen and oxygen atoms in total. The fraction of sp³-hybridized carbons (Fsp3) is 0.562. The smallest absolute Gasteiger partial charge is 0.136 e. The molecule has 0 heterocycles. The van der Waals surface area contributed by atoms with Crippen LogP contribution >= 0.6 is 0 Å². The number of rotatable bonds is 3. The molecule has 1 aromatic rings. The molecule has 4 atom stereocenters. The molecule has 0 saturated heterocycles. The first-order chi connectivity index (χ1) is 8.59. The van der Waals surface area contributed by atoms with Crippen LogP contribution < -0.4 is 0 Å². The van der Waals surface area contributed by atoms with Crippen molar-refractivity contribution in [1.29, 1.82) is 0 Å². The van der Waals surface area contributed by atoms with Gasteiger partial charge < -0.3 is 5.11 Å². The molecule has 2 rings (SSSR count). The van der Waals surface area contributed by atoms with E-state index in [1.165, 1.54) is 5.56 Å². The van der Waals surface area contributed by atoms with Crippen molar-refractivity contribution in [2.75, 3.05) is 0 Å². The minimum absolute atomic E-state index is 0.0176. The molecule has 18 heavy (non-hydrogen) atoms. The van der Waals surface area contributed by atoms with Crippen molar-refractivity contribution in [3.05, 3.63) is 35.9 Å². The van der Waals surface area contributed by atoms with Gasteiger partial charge in [0.05, 0.1) is 6.10 Å². The molecule has 1 aliphatic rings. The van der Waals surface area contributed by atoms with Gasteiger partial charge in [-0.1, -0.05) is 37.3 Å². The van der Waals surface area contributed by atoms with Gasteiger partial charge >= 0.3 is 0 Å². The van der Waals surface area contributed by atoms with E-state index in [-0.39, 0.29) is 11.8 Å². The summed E-state index contributed by atoms with van der Waals surface area (Å²) >= 11 is 0. The first kappa shape index (κ1) is 13.3. The molecule has 1 saturated carbocycles. The topological polar surface area (TPSA) is 37.3 Å². The summed E-state index contributed by atoms with van der Waals surface area (Å²) in [5.41, 5.74) is 1.33. The zero-order valence-corrected chi connectivity index (χ0v) is 11.2. The van der Waals surface area contributed by atoms with Crippen LogP contribution in [0.15, 0.2) is 30.3 Å². The van der Waals surface area contributed by atoms with Gasteiger partial charge in [0.25, 0.3) is 0 Å². The third-order valence-electron chi connectivity index (χ3n) is 4.36. The number of ketones is 1. The summed E-state index contributed by atoms with van der Waals surface area (Å²) < 4.78 is 0. The van der Waals surface area contributed by atoms with Crippen LogP contribution in [0, 0.1) is 11.8 Å². The molecule has 0 radical (unpaired) electrons. The van der Waals surface area contributed by atoms with E-state index in [4.69, 9.17) is 0 Å². The molecule has 1 aliphatic carbocycles. The Morgan fingerprint density at radius 1 is 1.22 bits per heavy atom. The highest BCUT2D eigenvalue weighted by Crippen LogP contribution is 2.38. The Morgan fingerprint density at radius 2 is 1.89 bits per heavy atom. The van der Waals surface area contributed by atoms with E-state index < -0.39 is 6.10 Å². The van der Waals surface area contributed by atoms with Gasteiger partial charge in [0.1, 0.15) is 5.78 Å². The monoisotopic (exact) mass is 246 g/mol. The van der Waals surface area contributed by atoms with E-state index in [0.29, 0.717) is 18.1 Å². The van der Waals surface area contributed by atoms with Gasteiger partial charge in [0.15, 0.2) is 0 Å². The molecule has 0 aliphatic heterocycles. The van der Waals surface area contributed by atoms with E-state index in [9.17, 15) is 9.90 Å². The minimum Gasteiger partial charge on any atom is -0.393 e. The standard InChI is InChI=1S/C16H22O2/c1-11(12(2)17)15-10-14(8-9-16(15)18)13-6-4-3-5-7-13/h3-7,11-12,14-15,17H,8-10H2,1-2H3. The van der Waals surface area contributed by atoms with Gasteiger partial charge in [-0.3, -0.25) is 4.79 Å². The number of carbonyl (C=O) groups is 1. The number of aliphatic hydroxyl groups excluding tert-OH is 1. The van der Waals surface area contributed by atoms with E-state index in [1.807, 2.05) is 13.0 Å². The molecule has 0 aromatic heterocycles. The van der Waals surface area contributed by atoms with Crippen molar-refractivity contribution in [3.63, 3.8) is 0 Å². The molecule has 1 N–H and O–H groups in total. The van der Waals surface area contributed by atoms with Crippen molar-refractivity contribution < 1.29 is 9.90 Å². The number of hydrogen-bond donors (Lipinski definition) is 1. The summed E-state index contributed by atoms with van der Waals surface area (Å²) in [5, 5.41) is 9.70. The lowest BCUT2D eigenvalue weighted by Gasteiger charge is -2.33. The van der Waals surface area contributed by atoms with Crippen LogP contribution in [0.4, 0.5) is 0 Å². The van der Waals surface area contributed by atoms with Crippen LogP contribution in [0.3, 0.4) is 0 Å². The summed E-state index contributed by atoms with van der Waals surface area (Å²) in [4.78, 5) is 12.0. The number of hydrogen-bond acceptors (Lipinski definition) is 2. The zero-order valence-electron chi connectivity index (χ0n) is 11.2. The Morgan fingerprint density at radius 3 is 2.50 bits per heavy atom. The predicted molar refractivity (Wildman–Crippen MR) is 72.4 cm³/mol. The number of benzene rings is 1. The molecule has 98 valence electrons. The van der Waals surface area contributed by atoms with Gasteiger partial charge in [0, 0.05) is 12.3 Å². The van der Waals surface area contributed by atoms with Gasteiger partial charge in [0.2, 0.25) is 0 Å². The maximum Gasteiger partial charge on any atom is 0.136 e. The van der Waals surface area contributed by atoms with Crippen LogP contribution in [0.2, 0.25) is 0 Å².